The van der Waals surface area contributed by atoms with Crippen LogP contribution in [0.2, 0.25) is 0 Å². The SMILES string of the molecule is COC(=O)C(COC(C)(C)C)NC(=O)Nc1cc(OC)ccc1OC. The van der Waals surface area contributed by atoms with E-state index in [0.717, 1.165) is 0 Å². The van der Waals surface area contributed by atoms with Crippen LogP contribution in [0.3, 0.4) is 0 Å². The maximum Gasteiger partial charge on any atom is 0.330 e. The molecule has 0 saturated carbocycles. The predicted molar refractivity (Wildman–Crippen MR) is 93.2 cm³/mol. The van der Waals surface area contributed by atoms with Gasteiger partial charge in [-0.25, -0.2) is 9.59 Å². The van der Waals surface area contributed by atoms with E-state index >= 15 is 0 Å². The Kier molecular flexibility index (Phi) is 7.50. The van der Waals surface area contributed by atoms with Crippen LogP contribution in [0.25, 0.3) is 0 Å². The van der Waals surface area contributed by atoms with Crippen molar-refractivity contribution in [3.63, 3.8) is 0 Å². The maximum absolute atomic E-state index is 12.3. The summed E-state index contributed by atoms with van der Waals surface area (Å²) in [6, 6.07) is 3.43. The number of rotatable bonds is 7. The van der Waals surface area contributed by atoms with Crippen molar-refractivity contribution >= 4 is 17.7 Å². The molecule has 0 spiro atoms. The van der Waals surface area contributed by atoms with Gasteiger partial charge in [0.2, 0.25) is 0 Å². The van der Waals surface area contributed by atoms with E-state index in [-0.39, 0.29) is 6.61 Å². The average Bonchev–Trinajstić information content (AvgIpc) is 2.56. The molecule has 0 fully saturated rings. The van der Waals surface area contributed by atoms with Gasteiger partial charge in [-0.05, 0) is 32.9 Å². The van der Waals surface area contributed by atoms with E-state index < -0.39 is 23.6 Å². The number of anilines is 1. The van der Waals surface area contributed by atoms with Gasteiger partial charge in [-0.1, -0.05) is 0 Å². The molecule has 0 aromatic heterocycles. The standard InChI is InChI=1S/C17H26N2O6/c1-17(2,3)25-10-13(15(20)24-6)19-16(21)18-12-9-11(22-4)7-8-14(12)23-5/h7-9,13H,10H2,1-6H3,(H2,18,19,21). The van der Waals surface area contributed by atoms with E-state index in [4.69, 9.17) is 18.9 Å². The number of ether oxygens (including phenoxy) is 4. The number of nitrogens with one attached hydrogen (secondary N) is 2. The smallest absolute Gasteiger partial charge is 0.330 e. The highest BCUT2D eigenvalue weighted by Crippen LogP contribution is 2.28. The Labute approximate surface area is 147 Å². The van der Waals surface area contributed by atoms with Crippen molar-refractivity contribution in [1.82, 2.24) is 5.32 Å². The van der Waals surface area contributed by atoms with Crippen LogP contribution in [0.15, 0.2) is 18.2 Å². The van der Waals surface area contributed by atoms with Crippen molar-refractivity contribution in [2.75, 3.05) is 33.3 Å². The third kappa shape index (κ3) is 6.88. The second-order valence-corrected chi connectivity index (χ2v) is 6.16. The molecule has 1 rings (SSSR count). The first kappa shape index (κ1) is 20.6. The van der Waals surface area contributed by atoms with Gasteiger partial charge in [0.25, 0.3) is 0 Å². The Bertz CT molecular complexity index is 597. The fourth-order valence-electron chi connectivity index (χ4n) is 1.87. The van der Waals surface area contributed by atoms with Gasteiger partial charge in [-0.15, -0.1) is 0 Å². The molecule has 2 amide bonds. The van der Waals surface area contributed by atoms with E-state index in [1.54, 1.807) is 18.2 Å². The van der Waals surface area contributed by atoms with Gasteiger partial charge in [0.05, 0.1) is 39.2 Å². The minimum Gasteiger partial charge on any atom is -0.497 e. The lowest BCUT2D eigenvalue weighted by atomic mass is 10.2. The van der Waals surface area contributed by atoms with E-state index in [0.29, 0.717) is 17.2 Å². The summed E-state index contributed by atoms with van der Waals surface area (Å²) in [5.41, 5.74) is -0.0554. The van der Waals surface area contributed by atoms with E-state index in [1.165, 1.54) is 21.3 Å². The predicted octanol–water partition coefficient (Wildman–Crippen LogP) is 2.18. The van der Waals surface area contributed by atoms with E-state index in [1.807, 2.05) is 20.8 Å². The van der Waals surface area contributed by atoms with E-state index in [2.05, 4.69) is 10.6 Å². The zero-order chi connectivity index (χ0) is 19.0. The van der Waals surface area contributed by atoms with Gasteiger partial charge in [0, 0.05) is 6.07 Å². The number of amides is 2. The fourth-order valence-corrected chi connectivity index (χ4v) is 1.87. The highest BCUT2D eigenvalue weighted by Gasteiger charge is 2.25. The molecule has 1 atom stereocenters. The number of hydrogen-bond acceptors (Lipinski definition) is 6. The Hall–Kier alpha value is -2.48. The van der Waals surface area contributed by atoms with Crippen LogP contribution in [0.5, 0.6) is 11.5 Å². The molecule has 1 aromatic carbocycles. The van der Waals surface area contributed by atoms with Gasteiger partial charge in [-0.3, -0.25) is 0 Å². The van der Waals surface area contributed by atoms with Gasteiger partial charge in [-0.2, -0.15) is 0 Å². The molecule has 0 aliphatic rings. The Balaban J connectivity index is 2.82. The summed E-state index contributed by atoms with van der Waals surface area (Å²) in [5.74, 6) is 0.408. The summed E-state index contributed by atoms with van der Waals surface area (Å²) in [4.78, 5) is 24.1. The molecule has 1 unspecified atom stereocenters. The summed E-state index contributed by atoms with van der Waals surface area (Å²) in [5, 5.41) is 5.16. The zero-order valence-electron chi connectivity index (χ0n) is 15.5. The molecule has 0 aliphatic heterocycles. The largest absolute Gasteiger partial charge is 0.497 e. The van der Waals surface area contributed by atoms with Crippen molar-refractivity contribution in [1.29, 1.82) is 0 Å². The summed E-state index contributed by atoms with van der Waals surface area (Å²) < 4.78 is 20.6. The van der Waals surface area contributed by atoms with Crippen molar-refractivity contribution in [3.05, 3.63) is 18.2 Å². The number of carbonyl (C=O) groups excluding carboxylic acids is 2. The summed E-state index contributed by atoms with van der Waals surface area (Å²) in [7, 11) is 4.25. The number of esters is 1. The lowest BCUT2D eigenvalue weighted by Gasteiger charge is -2.24. The van der Waals surface area contributed by atoms with Crippen LogP contribution in [-0.2, 0) is 14.3 Å². The molecule has 0 aliphatic carbocycles. The van der Waals surface area contributed by atoms with Crippen LogP contribution in [0, 0.1) is 0 Å². The highest BCUT2D eigenvalue weighted by atomic mass is 16.5. The summed E-state index contributed by atoms with van der Waals surface area (Å²) in [6.45, 7) is 5.53. The zero-order valence-corrected chi connectivity index (χ0v) is 15.5. The molecule has 2 N–H and O–H groups in total. The molecule has 0 bridgehead atoms. The monoisotopic (exact) mass is 354 g/mol. The highest BCUT2D eigenvalue weighted by molar-refractivity contribution is 5.94. The fraction of sp³-hybridized carbons (Fsp3) is 0.529. The third-order valence-electron chi connectivity index (χ3n) is 3.13. The van der Waals surface area contributed by atoms with Gasteiger partial charge >= 0.3 is 12.0 Å². The minimum atomic E-state index is -0.944. The third-order valence-corrected chi connectivity index (χ3v) is 3.13. The quantitative estimate of drug-likeness (QED) is 0.729. The van der Waals surface area contributed by atoms with Crippen molar-refractivity contribution in [3.8, 4) is 11.5 Å². The van der Waals surface area contributed by atoms with Crippen LogP contribution in [-0.4, -0.2) is 51.6 Å². The molecule has 8 heteroatoms. The van der Waals surface area contributed by atoms with Crippen LogP contribution in [0.1, 0.15) is 20.8 Å². The van der Waals surface area contributed by atoms with Crippen molar-refractivity contribution in [2.24, 2.45) is 0 Å². The number of carbonyl (C=O) groups is 2. The van der Waals surface area contributed by atoms with Crippen LogP contribution < -0.4 is 20.1 Å². The van der Waals surface area contributed by atoms with Crippen LogP contribution in [0.4, 0.5) is 10.5 Å². The van der Waals surface area contributed by atoms with Gasteiger partial charge < -0.3 is 29.6 Å². The normalized spacial score (nSPS) is 12.1. The Morgan fingerprint density at radius 3 is 2.32 bits per heavy atom. The lowest BCUT2D eigenvalue weighted by Crippen LogP contribution is -2.47. The first-order valence-corrected chi connectivity index (χ1v) is 7.71. The number of methoxy groups -OCH3 is 3. The molecule has 140 valence electrons. The molecule has 25 heavy (non-hydrogen) atoms. The number of urea groups is 1. The second-order valence-electron chi connectivity index (χ2n) is 6.16. The van der Waals surface area contributed by atoms with Gasteiger partial charge in [0.15, 0.2) is 6.04 Å². The molecule has 0 radical (unpaired) electrons. The number of benzene rings is 1. The first-order chi connectivity index (χ1) is 11.7. The maximum atomic E-state index is 12.3. The Morgan fingerprint density at radius 1 is 1.12 bits per heavy atom. The molecule has 0 saturated heterocycles. The first-order valence-electron chi connectivity index (χ1n) is 7.71. The second kappa shape index (κ2) is 9.12. The summed E-state index contributed by atoms with van der Waals surface area (Å²) >= 11 is 0. The summed E-state index contributed by atoms with van der Waals surface area (Å²) in [6.07, 6.45) is 0. The average molecular weight is 354 g/mol. The molecule has 1 aromatic rings. The lowest BCUT2D eigenvalue weighted by molar-refractivity contribution is -0.145. The minimum absolute atomic E-state index is 0.0150. The van der Waals surface area contributed by atoms with Gasteiger partial charge in [0.1, 0.15) is 11.5 Å². The topological polar surface area (TPSA) is 95.1 Å². The number of hydrogen-bond donors (Lipinski definition) is 2. The van der Waals surface area contributed by atoms with Crippen LogP contribution >= 0.6 is 0 Å². The molecular weight excluding hydrogens is 328 g/mol. The van der Waals surface area contributed by atoms with E-state index in [9.17, 15) is 9.59 Å². The molecule has 0 heterocycles. The molecular formula is C17H26N2O6. The van der Waals surface area contributed by atoms with Crippen molar-refractivity contribution in [2.45, 2.75) is 32.4 Å². The Morgan fingerprint density at radius 2 is 1.80 bits per heavy atom. The molecule has 8 nitrogen and oxygen atoms in total. The van der Waals surface area contributed by atoms with Crippen molar-refractivity contribution < 1.29 is 28.5 Å².